The Morgan fingerprint density at radius 1 is 0.933 bits per heavy atom. The van der Waals surface area contributed by atoms with Gasteiger partial charge in [-0.3, -0.25) is 0 Å². The Balaban J connectivity index is 3.11. The van der Waals surface area contributed by atoms with E-state index in [1.807, 2.05) is 0 Å². The molecule has 0 spiro atoms. The standard InChI is InChI=1S/C15H22/c1-11-9-12(2)14(13(3)10-11)7-8-15(4,5)6/h7-10H,1-6H3/b8-7+. The van der Waals surface area contributed by atoms with Crippen molar-refractivity contribution in [3.05, 3.63) is 40.5 Å². The van der Waals surface area contributed by atoms with Gasteiger partial charge in [0.05, 0.1) is 0 Å². The second-order valence-electron chi connectivity index (χ2n) is 5.51. The number of hydrogen-bond donors (Lipinski definition) is 0. The molecule has 1 aromatic carbocycles. The van der Waals surface area contributed by atoms with Gasteiger partial charge in [0.25, 0.3) is 0 Å². The molecule has 0 atom stereocenters. The van der Waals surface area contributed by atoms with Crippen LogP contribution in [0.5, 0.6) is 0 Å². The maximum Gasteiger partial charge on any atom is -0.0200 e. The number of allylic oxidation sites excluding steroid dienone is 1. The van der Waals surface area contributed by atoms with Crippen LogP contribution in [0.25, 0.3) is 6.08 Å². The third-order valence-electron chi connectivity index (χ3n) is 2.49. The van der Waals surface area contributed by atoms with Gasteiger partial charge in [0.2, 0.25) is 0 Å². The van der Waals surface area contributed by atoms with E-state index in [1.165, 1.54) is 22.3 Å². The first-order chi connectivity index (χ1) is 6.79. The highest BCUT2D eigenvalue weighted by Crippen LogP contribution is 2.22. The van der Waals surface area contributed by atoms with E-state index in [2.05, 4.69) is 65.8 Å². The van der Waals surface area contributed by atoms with E-state index in [0.717, 1.165) is 0 Å². The second-order valence-corrected chi connectivity index (χ2v) is 5.51. The summed E-state index contributed by atoms with van der Waals surface area (Å²) >= 11 is 0. The molecule has 1 rings (SSSR count). The molecule has 0 bridgehead atoms. The molecule has 0 radical (unpaired) electrons. The van der Waals surface area contributed by atoms with Crippen LogP contribution in [-0.2, 0) is 0 Å². The van der Waals surface area contributed by atoms with Gasteiger partial charge in [0.1, 0.15) is 0 Å². The van der Waals surface area contributed by atoms with Crippen molar-refractivity contribution in [1.82, 2.24) is 0 Å². The average Bonchev–Trinajstić information content (AvgIpc) is 1.99. The van der Waals surface area contributed by atoms with Crippen molar-refractivity contribution >= 4 is 6.08 Å². The molecule has 0 saturated carbocycles. The summed E-state index contributed by atoms with van der Waals surface area (Å²) in [5.41, 5.74) is 5.71. The van der Waals surface area contributed by atoms with Gasteiger partial charge < -0.3 is 0 Å². The predicted molar refractivity (Wildman–Crippen MR) is 69.1 cm³/mol. The molecule has 0 aliphatic heterocycles. The van der Waals surface area contributed by atoms with Crippen molar-refractivity contribution in [2.24, 2.45) is 5.41 Å². The van der Waals surface area contributed by atoms with E-state index >= 15 is 0 Å². The molecule has 0 aromatic heterocycles. The molecule has 0 aliphatic carbocycles. The molecule has 0 amide bonds. The minimum atomic E-state index is 0.254. The van der Waals surface area contributed by atoms with Gasteiger partial charge in [-0.05, 0) is 42.9 Å². The highest BCUT2D eigenvalue weighted by atomic mass is 14.1. The molecule has 0 nitrogen and oxygen atoms in total. The number of aryl methyl sites for hydroxylation is 3. The van der Waals surface area contributed by atoms with Crippen molar-refractivity contribution < 1.29 is 0 Å². The van der Waals surface area contributed by atoms with Crippen LogP contribution in [0.4, 0.5) is 0 Å². The quantitative estimate of drug-likeness (QED) is 0.620. The third kappa shape index (κ3) is 3.54. The lowest BCUT2D eigenvalue weighted by atomic mass is 9.93. The smallest absolute Gasteiger partial charge is 0.0200 e. The lowest BCUT2D eigenvalue weighted by molar-refractivity contribution is 0.547. The monoisotopic (exact) mass is 202 g/mol. The van der Waals surface area contributed by atoms with Gasteiger partial charge in [-0.2, -0.15) is 0 Å². The second kappa shape index (κ2) is 4.22. The molecule has 0 unspecified atom stereocenters. The Bertz CT molecular complexity index is 353. The Morgan fingerprint density at radius 3 is 1.80 bits per heavy atom. The summed E-state index contributed by atoms with van der Waals surface area (Å²) < 4.78 is 0. The van der Waals surface area contributed by atoms with Crippen molar-refractivity contribution in [3.63, 3.8) is 0 Å². The lowest BCUT2D eigenvalue weighted by Gasteiger charge is -2.13. The normalized spacial score (nSPS) is 12.4. The summed E-state index contributed by atoms with van der Waals surface area (Å²) in [6, 6.07) is 4.49. The van der Waals surface area contributed by atoms with Gasteiger partial charge in [0, 0.05) is 0 Å². The van der Waals surface area contributed by atoms with E-state index in [4.69, 9.17) is 0 Å². The van der Waals surface area contributed by atoms with E-state index in [9.17, 15) is 0 Å². The molecule has 0 N–H and O–H groups in total. The molecular formula is C15H22. The number of benzene rings is 1. The topological polar surface area (TPSA) is 0 Å². The van der Waals surface area contributed by atoms with Crippen LogP contribution < -0.4 is 0 Å². The van der Waals surface area contributed by atoms with Crippen molar-refractivity contribution in [1.29, 1.82) is 0 Å². The molecule has 15 heavy (non-hydrogen) atoms. The fourth-order valence-electron chi connectivity index (χ4n) is 1.79. The zero-order valence-electron chi connectivity index (χ0n) is 10.8. The zero-order valence-corrected chi connectivity index (χ0v) is 10.8. The minimum absolute atomic E-state index is 0.254. The van der Waals surface area contributed by atoms with Crippen molar-refractivity contribution in [3.8, 4) is 0 Å². The Kier molecular flexibility index (Phi) is 3.38. The van der Waals surface area contributed by atoms with Crippen LogP contribution in [0.3, 0.4) is 0 Å². The number of rotatable bonds is 1. The lowest BCUT2D eigenvalue weighted by Crippen LogP contribution is -1.99. The highest BCUT2D eigenvalue weighted by Gasteiger charge is 2.05. The summed E-state index contributed by atoms with van der Waals surface area (Å²) in [6.45, 7) is 13.2. The summed E-state index contributed by atoms with van der Waals surface area (Å²) in [5.74, 6) is 0. The molecule has 0 saturated heterocycles. The predicted octanol–water partition coefficient (Wildman–Crippen LogP) is 4.67. The van der Waals surface area contributed by atoms with Gasteiger partial charge in [0.15, 0.2) is 0 Å². The highest BCUT2D eigenvalue weighted by molar-refractivity contribution is 5.58. The van der Waals surface area contributed by atoms with E-state index in [1.54, 1.807) is 0 Å². The maximum absolute atomic E-state index is 2.28. The molecule has 0 aliphatic rings. The van der Waals surface area contributed by atoms with Gasteiger partial charge in [-0.25, -0.2) is 0 Å². The summed E-state index contributed by atoms with van der Waals surface area (Å²) in [7, 11) is 0. The van der Waals surface area contributed by atoms with E-state index in [-0.39, 0.29) is 5.41 Å². The van der Waals surface area contributed by atoms with Crippen molar-refractivity contribution in [2.45, 2.75) is 41.5 Å². The molecule has 0 fully saturated rings. The van der Waals surface area contributed by atoms with E-state index in [0.29, 0.717) is 0 Å². The van der Waals surface area contributed by atoms with E-state index < -0.39 is 0 Å². The Morgan fingerprint density at radius 2 is 1.40 bits per heavy atom. The third-order valence-corrected chi connectivity index (χ3v) is 2.49. The van der Waals surface area contributed by atoms with Gasteiger partial charge in [-0.1, -0.05) is 50.6 Å². The first kappa shape index (κ1) is 12.0. The average molecular weight is 202 g/mol. The molecular weight excluding hydrogens is 180 g/mol. The zero-order chi connectivity index (χ0) is 11.6. The first-order valence-corrected chi connectivity index (χ1v) is 5.57. The molecule has 1 aromatic rings. The summed E-state index contributed by atoms with van der Waals surface area (Å²) in [4.78, 5) is 0. The summed E-state index contributed by atoms with van der Waals surface area (Å²) in [6.07, 6.45) is 4.53. The fourth-order valence-corrected chi connectivity index (χ4v) is 1.79. The SMILES string of the molecule is Cc1cc(C)c(/C=C/C(C)(C)C)c(C)c1. The van der Waals surface area contributed by atoms with Gasteiger partial charge in [-0.15, -0.1) is 0 Å². The minimum Gasteiger partial charge on any atom is -0.0785 e. The van der Waals surface area contributed by atoms with Crippen LogP contribution >= 0.6 is 0 Å². The number of hydrogen-bond acceptors (Lipinski definition) is 0. The summed E-state index contributed by atoms with van der Waals surface area (Å²) in [5, 5.41) is 0. The van der Waals surface area contributed by atoms with Crippen LogP contribution in [0.1, 0.15) is 43.0 Å². The van der Waals surface area contributed by atoms with Crippen LogP contribution in [-0.4, -0.2) is 0 Å². The Labute approximate surface area is 94.0 Å². The van der Waals surface area contributed by atoms with Gasteiger partial charge >= 0.3 is 0 Å². The molecule has 0 heteroatoms. The largest absolute Gasteiger partial charge is 0.0785 e. The van der Waals surface area contributed by atoms with Crippen LogP contribution in [0, 0.1) is 26.2 Å². The van der Waals surface area contributed by atoms with Crippen LogP contribution in [0.15, 0.2) is 18.2 Å². The molecule has 0 heterocycles. The van der Waals surface area contributed by atoms with Crippen LogP contribution in [0.2, 0.25) is 0 Å². The fraction of sp³-hybridized carbons (Fsp3) is 0.467. The first-order valence-electron chi connectivity index (χ1n) is 5.57. The Hall–Kier alpha value is -1.04. The maximum atomic E-state index is 2.28. The molecule has 82 valence electrons. The van der Waals surface area contributed by atoms with Crippen molar-refractivity contribution in [2.75, 3.05) is 0 Å².